The van der Waals surface area contributed by atoms with Gasteiger partial charge in [-0.25, -0.2) is 0 Å². The molecule has 2 heteroatoms. The second-order valence-electron chi connectivity index (χ2n) is 13.2. The highest BCUT2D eigenvalue weighted by Gasteiger charge is 2.21. The highest BCUT2D eigenvalue weighted by atomic mass is 15.1. The molecule has 10 aromatic rings. The minimum absolute atomic E-state index is 0.0552. The van der Waals surface area contributed by atoms with E-state index in [1.54, 1.807) is 12.1 Å². The number of fused-ring (bicyclic) bond motifs is 3. The van der Waals surface area contributed by atoms with Crippen molar-refractivity contribution in [2.24, 2.45) is 0 Å². The summed E-state index contributed by atoms with van der Waals surface area (Å²) in [6.07, 6.45) is 0. The molecule has 1 heterocycles. The van der Waals surface area contributed by atoms with Crippen molar-refractivity contribution >= 4 is 38.9 Å². The van der Waals surface area contributed by atoms with Gasteiger partial charge in [0.2, 0.25) is 0 Å². The molecule has 264 valence electrons. The van der Waals surface area contributed by atoms with E-state index >= 15 is 0 Å². The summed E-state index contributed by atoms with van der Waals surface area (Å²) < 4.78 is 109. The van der Waals surface area contributed by atoms with E-state index in [-0.39, 0.29) is 21.8 Å². The van der Waals surface area contributed by atoms with Gasteiger partial charge in [0.25, 0.3) is 0 Å². The van der Waals surface area contributed by atoms with Crippen LogP contribution in [0.1, 0.15) is 16.4 Å². The molecule has 9 aromatic carbocycles. The van der Waals surface area contributed by atoms with Crippen LogP contribution in [-0.2, 0) is 0 Å². The van der Waals surface area contributed by atoms with Gasteiger partial charge < -0.3 is 9.47 Å². The van der Waals surface area contributed by atoms with Crippen LogP contribution in [0.2, 0.25) is 0 Å². The summed E-state index contributed by atoms with van der Waals surface area (Å²) in [5.41, 5.74) is 7.32. The van der Waals surface area contributed by atoms with Crippen LogP contribution in [-0.4, -0.2) is 4.57 Å². The minimum Gasteiger partial charge on any atom is -0.310 e. The largest absolute Gasteiger partial charge is 0.310 e. The Morgan fingerprint density at radius 3 is 1.54 bits per heavy atom. The lowest BCUT2D eigenvalue weighted by atomic mass is 9.98. The Labute approximate surface area is 344 Å². The van der Waals surface area contributed by atoms with E-state index in [0.29, 0.717) is 16.8 Å². The number of anilines is 3. The van der Waals surface area contributed by atoms with Gasteiger partial charge in [0.15, 0.2) is 0 Å². The summed E-state index contributed by atoms with van der Waals surface area (Å²) in [7, 11) is 0. The maximum Gasteiger partial charge on any atom is 0.0645 e. The molecule has 56 heavy (non-hydrogen) atoms. The topological polar surface area (TPSA) is 8.17 Å². The van der Waals surface area contributed by atoms with Gasteiger partial charge in [-0.05, 0) is 87.9 Å². The van der Waals surface area contributed by atoms with Gasteiger partial charge in [0.05, 0.1) is 38.9 Å². The van der Waals surface area contributed by atoms with E-state index in [4.69, 9.17) is 9.60 Å². The average molecular weight is 727 g/mol. The molecular formula is C54H38N2. The first-order chi connectivity index (χ1) is 32.8. The average Bonchev–Trinajstić information content (AvgIpc) is 3.74. The third-order valence-corrected chi connectivity index (χ3v) is 9.95. The maximum atomic E-state index is 9.68. The van der Waals surface area contributed by atoms with Crippen LogP contribution < -0.4 is 4.90 Å². The minimum atomic E-state index is -0.684. The number of aromatic nitrogens is 1. The van der Waals surface area contributed by atoms with E-state index in [1.165, 1.54) is 4.57 Å². The fraction of sp³-hybridized carbons (Fsp3) is 0. The Kier molecular flexibility index (Phi) is 5.85. The van der Waals surface area contributed by atoms with Crippen LogP contribution >= 0.6 is 0 Å². The lowest BCUT2D eigenvalue weighted by Crippen LogP contribution is -2.11. The molecule has 10 rings (SSSR count). The Hall–Kier alpha value is -7.42. The molecule has 0 N–H and O–H groups in total. The molecule has 0 spiro atoms. The molecule has 0 amide bonds. The first-order valence-corrected chi connectivity index (χ1v) is 18.2. The summed E-state index contributed by atoms with van der Waals surface area (Å²) in [5.74, 6) is 0. The third kappa shape index (κ3) is 6.04. The van der Waals surface area contributed by atoms with Crippen molar-refractivity contribution in [1.29, 1.82) is 0 Å². The van der Waals surface area contributed by atoms with E-state index in [1.807, 2.05) is 72.8 Å². The fourth-order valence-corrected chi connectivity index (χ4v) is 7.34. The summed E-state index contributed by atoms with van der Waals surface area (Å²) in [6, 6.07) is 44.6. The number of nitrogens with zero attached hydrogens (tertiary/aromatic N) is 2. The molecule has 0 radical (unpaired) electrons. The zero-order valence-electron chi connectivity index (χ0n) is 41.9. The molecule has 2 nitrogen and oxygen atoms in total. The number of para-hydroxylation sites is 3. The molecule has 0 unspecified atom stereocenters. The van der Waals surface area contributed by atoms with Crippen molar-refractivity contribution in [3.05, 3.63) is 230 Å². The molecule has 0 aliphatic carbocycles. The summed E-state index contributed by atoms with van der Waals surface area (Å²) in [5, 5.41) is -0.239. The van der Waals surface area contributed by atoms with Crippen molar-refractivity contribution in [2.75, 3.05) is 4.90 Å². The Bertz CT molecular complexity index is 3520. The van der Waals surface area contributed by atoms with Crippen LogP contribution in [0.4, 0.5) is 17.1 Å². The normalized spacial score (nSPS) is 14.2. The number of rotatable bonds is 8. The highest BCUT2D eigenvalue weighted by molar-refractivity contribution is 6.11. The van der Waals surface area contributed by atoms with E-state index in [9.17, 15) is 6.85 Å². The smallest absolute Gasteiger partial charge is 0.0645 e. The quantitative estimate of drug-likeness (QED) is 0.151. The lowest BCUT2D eigenvalue weighted by molar-refractivity contribution is 1.18. The standard InChI is InChI=1S/C54H38N2/c1-4-16-39(17-5-1)42-28-33-45(34-29-42)55(46-35-30-43(31-36-46)40-18-6-2-7-19-40)51-25-13-10-22-47(51)48-23-11-14-26-52(48)56-53-27-15-12-24-49(53)50-38-44(32-37-54(50)56)41-20-8-3-9-21-41/h1-38H/i3D,8D,9D,12D,15D,20D,21D,24D,27D,32D,37D,38D. The summed E-state index contributed by atoms with van der Waals surface area (Å²) >= 11 is 0. The first-order valence-electron chi connectivity index (χ1n) is 24.2. The fourth-order valence-electron chi connectivity index (χ4n) is 7.34. The Morgan fingerprint density at radius 2 is 0.875 bits per heavy atom. The Balaban J connectivity index is 1.25. The van der Waals surface area contributed by atoms with Crippen LogP contribution in [0.3, 0.4) is 0 Å². The van der Waals surface area contributed by atoms with Crippen LogP contribution in [0.5, 0.6) is 0 Å². The summed E-state index contributed by atoms with van der Waals surface area (Å²) in [4.78, 5) is 2.14. The molecule has 0 saturated heterocycles. The molecule has 0 aliphatic rings. The molecule has 0 bridgehead atoms. The molecule has 0 saturated carbocycles. The molecule has 0 fully saturated rings. The van der Waals surface area contributed by atoms with Gasteiger partial charge >= 0.3 is 0 Å². The van der Waals surface area contributed by atoms with Gasteiger partial charge in [-0.3, -0.25) is 0 Å². The SMILES string of the molecule is [2H]c1c([2H])c([2H])c(-c2c([2H])c([2H])c3c(c2[2H])c2c([2H])c([2H])c([2H])c([2H])c2n3-c2ccccc2-c2ccccc2N(c2ccc(-c3ccccc3)cc2)c2ccc(-c3ccccc3)cc2)c([2H])c1[2H]. The highest BCUT2D eigenvalue weighted by Crippen LogP contribution is 2.45. The predicted molar refractivity (Wildman–Crippen MR) is 237 cm³/mol. The van der Waals surface area contributed by atoms with E-state index < -0.39 is 83.6 Å². The van der Waals surface area contributed by atoms with Crippen molar-refractivity contribution in [1.82, 2.24) is 4.57 Å². The second-order valence-corrected chi connectivity index (χ2v) is 13.2. The molecule has 1 aromatic heterocycles. The van der Waals surface area contributed by atoms with Gasteiger partial charge in [-0.1, -0.05) is 176 Å². The molecular weight excluding hydrogens is 677 g/mol. The number of hydrogen-bond donors (Lipinski definition) is 0. The van der Waals surface area contributed by atoms with Crippen LogP contribution in [0.25, 0.3) is 72.0 Å². The zero-order chi connectivity index (χ0) is 47.7. The van der Waals surface area contributed by atoms with Crippen LogP contribution in [0, 0.1) is 0 Å². The van der Waals surface area contributed by atoms with Crippen LogP contribution in [0.15, 0.2) is 230 Å². The monoisotopic (exact) mass is 726 g/mol. The molecule has 0 atom stereocenters. The maximum absolute atomic E-state index is 9.68. The van der Waals surface area contributed by atoms with E-state index in [2.05, 4.69) is 77.7 Å². The van der Waals surface area contributed by atoms with Crippen molar-refractivity contribution in [3.63, 3.8) is 0 Å². The van der Waals surface area contributed by atoms with Crippen molar-refractivity contribution in [3.8, 4) is 50.2 Å². The van der Waals surface area contributed by atoms with Gasteiger partial charge in [-0.2, -0.15) is 0 Å². The Morgan fingerprint density at radius 1 is 0.357 bits per heavy atom. The van der Waals surface area contributed by atoms with Gasteiger partial charge in [-0.15, -0.1) is 0 Å². The van der Waals surface area contributed by atoms with Gasteiger partial charge in [0, 0.05) is 33.3 Å². The van der Waals surface area contributed by atoms with E-state index in [0.717, 1.165) is 39.3 Å². The predicted octanol–water partition coefficient (Wildman–Crippen LogP) is 14.9. The molecule has 0 aliphatic heterocycles. The third-order valence-electron chi connectivity index (χ3n) is 9.95. The first kappa shape index (κ1) is 22.7. The van der Waals surface area contributed by atoms with Crippen molar-refractivity contribution in [2.45, 2.75) is 0 Å². The number of benzene rings is 9. The number of hydrogen-bond acceptors (Lipinski definition) is 1. The lowest BCUT2D eigenvalue weighted by Gasteiger charge is -2.29. The summed E-state index contributed by atoms with van der Waals surface area (Å²) in [6.45, 7) is 0. The van der Waals surface area contributed by atoms with Gasteiger partial charge in [0.1, 0.15) is 0 Å². The van der Waals surface area contributed by atoms with Crippen molar-refractivity contribution < 1.29 is 16.4 Å². The second kappa shape index (κ2) is 14.4. The zero-order valence-corrected chi connectivity index (χ0v) is 29.9.